The summed E-state index contributed by atoms with van der Waals surface area (Å²) in [6, 6.07) is -0.327. The number of nitrogens with zero attached hydrogens (tertiary/aromatic N) is 1. The Labute approximate surface area is 172 Å². The van der Waals surface area contributed by atoms with Gasteiger partial charge in [-0.1, -0.05) is 13.8 Å². The molecule has 0 fully saturated rings. The van der Waals surface area contributed by atoms with Crippen molar-refractivity contribution in [3.8, 4) is 5.75 Å². The normalized spacial score (nSPS) is 12.1. The molecule has 164 valence electrons. The number of hydrogen-bond donors (Lipinski definition) is 0. The van der Waals surface area contributed by atoms with Crippen molar-refractivity contribution in [2.75, 3.05) is 20.3 Å². The average molecular weight is 425 g/mol. The van der Waals surface area contributed by atoms with Crippen LogP contribution in [0.3, 0.4) is 0 Å². The van der Waals surface area contributed by atoms with E-state index in [1.54, 1.807) is 13.8 Å². The minimum Gasteiger partial charge on any atom is -0.491 e. The second-order valence-electron chi connectivity index (χ2n) is 7.00. The Morgan fingerprint density at radius 1 is 1.13 bits per heavy atom. The van der Waals surface area contributed by atoms with E-state index < -0.39 is 46.4 Å². The van der Waals surface area contributed by atoms with E-state index in [1.165, 1.54) is 4.57 Å². The lowest BCUT2D eigenvalue weighted by atomic mass is 10.0. The Bertz CT molecular complexity index is 1010. The lowest BCUT2D eigenvalue weighted by Gasteiger charge is -2.24. The first-order chi connectivity index (χ1) is 14.2. The van der Waals surface area contributed by atoms with E-state index in [4.69, 9.17) is 14.2 Å². The predicted molar refractivity (Wildman–Crippen MR) is 106 cm³/mol. The molecule has 1 atom stereocenters. The number of esters is 2. The number of rotatable bonds is 8. The first-order valence-corrected chi connectivity index (χ1v) is 9.62. The highest BCUT2D eigenvalue weighted by Crippen LogP contribution is 2.33. The third-order valence-electron chi connectivity index (χ3n) is 4.45. The summed E-state index contributed by atoms with van der Waals surface area (Å²) in [7, 11) is 1.12. The van der Waals surface area contributed by atoms with Gasteiger partial charge in [0, 0.05) is 6.20 Å². The molecule has 0 spiro atoms. The van der Waals surface area contributed by atoms with E-state index in [2.05, 4.69) is 0 Å². The molecule has 0 aliphatic carbocycles. The van der Waals surface area contributed by atoms with Gasteiger partial charge in [0.25, 0.3) is 0 Å². The van der Waals surface area contributed by atoms with Gasteiger partial charge < -0.3 is 18.8 Å². The van der Waals surface area contributed by atoms with E-state index in [9.17, 15) is 23.2 Å². The molecule has 0 aliphatic heterocycles. The molecular weight excluding hydrogens is 400 g/mol. The van der Waals surface area contributed by atoms with Gasteiger partial charge in [-0.25, -0.2) is 14.0 Å². The SMILES string of the molecule is CCOC(=O)c1cn([C@@H](CC(C)C)C(=O)OCC)c2c(OC)c(F)c(F)cc2c1=O. The van der Waals surface area contributed by atoms with E-state index >= 15 is 0 Å². The molecule has 30 heavy (non-hydrogen) atoms. The van der Waals surface area contributed by atoms with Gasteiger partial charge in [-0.15, -0.1) is 0 Å². The number of hydrogen-bond acceptors (Lipinski definition) is 6. The van der Waals surface area contributed by atoms with Crippen molar-refractivity contribution in [3.63, 3.8) is 0 Å². The van der Waals surface area contributed by atoms with Crippen LogP contribution in [-0.2, 0) is 14.3 Å². The molecule has 0 saturated heterocycles. The molecule has 2 aromatic rings. The number of methoxy groups -OCH3 is 1. The Balaban J connectivity index is 2.99. The number of carbonyl (C=O) groups excluding carboxylic acids is 2. The topological polar surface area (TPSA) is 83.8 Å². The van der Waals surface area contributed by atoms with Crippen molar-refractivity contribution in [1.29, 1.82) is 0 Å². The van der Waals surface area contributed by atoms with Crippen LogP contribution in [0.15, 0.2) is 17.1 Å². The maximum atomic E-state index is 14.5. The van der Waals surface area contributed by atoms with E-state index in [1.807, 2.05) is 13.8 Å². The van der Waals surface area contributed by atoms with Gasteiger partial charge in [-0.3, -0.25) is 4.79 Å². The van der Waals surface area contributed by atoms with Crippen molar-refractivity contribution in [2.24, 2.45) is 5.92 Å². The Kier molecular flexibility index (Phi) is 7.53. The van der Waals surface area contributed by atoms with Crippen LogP contribution in [0.25, 0.3) is 10.9 Å². The van der Waals surface area contributed by atoms with Crippen molar-refractivity contribution < 1.29 is 32.6 Å². The molecule has 1 heterocycles. The Morgan fingerprint density at radius 2 is 1.77 bits per heavy atom. The lowest BCUT2D eigenvalue weighted by Crippen LogP contribution is -2.28. The molecule has 0 N–H and O–H groups in total. The molecular formula is C21H25F2NO6. The van der Waals surface area contributed by atoms with Crippen LogP contribution in [0.5, 0.6) is 5.75 Å². The zero-order valence-electron chi connectivity index (χ0n) is 17.6. The highest BCUT2D eigenvalue weighted by atomic mass is 19.2. The maximum absolute atomic E-state index is 14.5. The molecule has 0 bridgehead atoms. The van der Waals surface area contributed by atoms with Gasteiger partial charge in [0.05, 0.1) is 31.2 Å². The minimum absolute atomic E-state index is 0.00350. The Hall–Kier alpha value is -2.97. The largest absolute Gasteiger partial charge is 0.491 e. The van der Waals surface area contributed by atoms with Crippen LogP contribution < -0.4 is 10.2 Å². The van der Waals surface area contributed by atoms with Crippen LogP contribution >= 0.6 is 0 Å². The van der Waals surface area contributed by atoms with E-state index in [0.29, 0.717) is 6.07 Å². The molecule has 0 aliphatic rings. The fourth-order valence-electron chi connectivity index (χ4n) is 3.22. The number of pyridine rings is 1. The smallest absolute Gasteiger partial charge is 0.343 e. The molecule has 0 saturated carbocycles. The average Bonchev–Trinajstić information content (AvgIpc) is 2.68. The van der Waals surface area contributed by atoms with Crippen LogP contribution in [0.1, 0.15) is 50.5 Å². The van der Waals surface area contributed by atoms with Gasteiger partial charge in [0.1, 0.15) is 11.6 Å². The van der Waals surface area contributed by atoms with Crippen LogP contribution in [0.2, 0.25) is 0 Å². The predicted octanol–water partition coefficient (Wildman–Crippen LogP) is 3.62. The molecule has 1 aromatic carbocycles. The highest BCUT2D eigenvalue weighted by Gasteiger charge is 2.30. The monoisotopic (exact) mass is 425 g/mol. The number of benzene rings is 1. The second-order valence-corrected chi connectivity index (χ2v) is 7.00. The molecule has 9 heteroatoms. The standard InChI is InChI=1S/C21H25F2NO6/c1-6-29-20(26)13-10-24(15(8-11(3)4)21(27)30-7-2)17-12(18(13)25)9-14(22)16(23)19(17)28-5/h9-11,15H,6-8H2,1-5H3/t15-/m0/s1. The zero-order valence-corrected chi connectivity index (χ0v) is 17.6. The third-order valence-corrected chi connectivity index (χ3v) is 4.45. The summed E-state index contributed by atoms with van der Waals surface area (Å²) in [6.07, 6.45) is 1.37. The third kappa shape index (κ3) is 4.44. The van der Waals surface area contributed by atoms with Crippen molar-refractivity contribution >= 4 is 22.8 Å². The maximum Gasteiger partial charge on any atom is 0.343 e. The zero-order chi connectivity index (χ0) is 22.6. The fraction of sp³-hybridized carbons (Fsp3) is 0.476. The summed E-state index contributed by atoms with van der Waals surface area (Å²) in [5.74, 6) is -4.76. The fourth-order valence-corrected chi connectivity index (χ4v) is 3.22. The summed E-state index contributed by atoms with van der Waals surface area (Å²) in [5.41, 5.74) is -1.41. The second kappa shape index (κ2) is 9.69. The van der Waals surface area contributed by atoms with Crippen LogP contribution in [-0.4, -0.2) is 36.8 Å². The summed E-state index contributed by atoms with van der Waals surface area (Å²) in [6.45, 7) is 7.02. The number of aromatic nitrogens is 1. The van der Waals surface area contributed by atoms with Gasteiger partial charge >= 0.3 is 11.9 Å². The molecule has 0 radical (unpaired) electrons. The first kappa shape index (κ1) is 23.3. The summed E-state index contributed by atoms with van der Waals surface area (Å²) >= 11 is 0. The molecule has 1 aromatic heterocycles. The van der Waals surface area contributed by atoms with Crippen LogP contribution in [0.4, 0.5) is 8.78 Å². The minimum atomic E-state index is -1.32. The van der Waals surface area contributed by atoms with Gasteiger partial charge in [-0.05, 0) is 32.3 Å². The number of halogens is 2. The number of ether oxygens (including phenoxy) is 3. The van der Waals surface area contributed by atoms with E-state index in [0.717, 1.165) is 13.3 Å². The van der Waals surface area contributed by atoms with Crippen molar-refractivity contribution in [1.82, 2.24) is 4.57 Å². The van der Waals surface area contributed by atoms with Gasteiger partial charge in [-0.2, -0.15) is 4.39 Å². The van der Waals surface area contributed by atoms with Crippen molar-refractivity contribution in [3.05, 3.63) is 39.7 Å². The number of carbonyl (C=O) groups is 2. The Morgan fingerprint density at radius 3 is 2.30 bits per heavy atom. The summed E-state index contributed by atoms with van der Waals surface area (Å²) in [4.78, 5) is 38.0. The number of fused-ring (bicyclic) bond motifs is 1. The van der Waals surface area contributed by atoms with Crippen molar-refractivity contribution in [2.45, 2.75) is 40.2 Å². The summed E-state index contributed by atoms with van der Waals surface area (Å²) < 4.78 is 45.0. The van der Waals surface area contributed by atoms with Gasteiger partial charge in [0.2, 0.25) is 11.2 Å². The first-order valence-electron chi connectivity index (χ1n) is 9.62. The lowest BCUT2D eigenvalue weighted by molar-refractivity contribution is -0.147. The van der Waals surface area contributed by atoms with Gasteiger partial charge in [0.15, 0.2) is 11.6 Å². The summed E-state index contributed by atoms with van der Waals surface area (Å²) in [5, 5.41) is -0.311. The molecule has 2 rings (SSSR count). The van der Waals surface area contributed by atoms with E-state index in [-0.39, 0.29) is 36.5 Å². The molecule has 0 amide bonds. The quantitative estimate of drug-likeness (QED) is 0.601. The highest BCUT2D eigenvalue weighted by molar-refractivity contribution is 5.96. The molecule has 0 unspecified atom stereocenters. The molecule has 7 nitrogen and oxygen atoms in total. The van der Waals surface area contributed by atoms with Crippen LogP contribution in [0, 0.1) is 17.6 Å².